The summed E-state index contributed by atoms with van der Waals surface area (Å²) in [5, 5.41) is 2.66. The topological polar surface area (TPSA) is 15.8 Å². The average molecular weight is 345 g/mol. The highest BCUT2D eigenvalue weighted by Gasteiger charge is 2.18. The van der Waals surface area contributed by atoms with Gasteiger partial charge in [0.25, 0.3) is 0 Å². The van der Waals surface area contributed by atoms with Gasteiger partial charge in [-0.3, -0.25) is 0 Å². The first-order valence-electron chi connectivity index (χ1n) is 9.59. The molecule has 1 N–H and O–H groups in total. The van der Waals surface area contributed by atoms with Crippen LogP contribution >= 0.6 is 0 Å². The number of benzene rings is 4. The average Bonchev–Trinajstić information content (AvgIpc) is 3.10. The number of aromatic amines is 1. The van der Waals surface area contributed by atoms with Gasteiger partial charge >= 0.3 is 0 Å². The Hall–Kier alpha value is -3.32. The van der Waals surface area contributed by atoms with Crippen molar-refractivity contribution in [2.75, 3.05) is 0 Å². The molecule has 1 nitrogen and oxygen atoms in total. The van der Waals surface area contributed by atoms with E-state index in [4.69, 9.17) is 0 Å². The molecule has 128 valence electrons. The Morgan fingerprint density at radius 3 is 2.19 bits per heavy atom. The summed E-state index contributed by atoms with van der Waals surface area (Å²) in [5.74, 6) is 0. The van der Waals surface area contributed by atoms with Crippen molar-refractivity contribution >= 4 is 21.8 Å². The molecule has 0 amide bonds. The van der Waals surface area contributed by atoms with Crippen LogP contribution in [0.15, 0.2) is 84.9 Å². The Morgan fingerprint density at radius 2 is 1.30 bits per heavy atom. The van der Waals surface area contributed by atoms with Crippen molar-refractivity contribution in [1.29, 1.82) is 0 Å². The van der Waals surface area contributed by atoms with Gasteiger partial charge < -0.3 is 4.98 Å². The largest absolute Gasteiger partial charge is 0.354 e. The van der Waals surface area contributed by atoms with Crippen LogP contribution in [-0.4, -0.2) is 4.98 Å². The predicted molar refractivity (Wildman–Crippen MR) is 114 cm³/mol. The first-order valence-corrected chi connectivity index (χ1v) is 9.59. The van der Waals surface area contributed by atoms with Gasteiger partial charge in [0.05, 0.1) is 0 Å². The maximum Gasteiger partial charge on any atom is 0.0471 e. The van der Waals surface area contributed by atoms with Crippen molar-refractivity contribution in [3.8, 4) is 22.3 Å². The summed E-state index contributed by atoms with van der Waals surface area (Å²) in [6, 6.07) is 31.0. The molecule has 1 heteroatoms. The lowest BCUT2D eigenvalue weighted by atomic mass is 9.83. The molecule has 0 radical (unpaired) electrons. The van der Waals surface area contributed by atoms with Crippen molar-refractivity contribution < 1.29 is 0 Å². The lowest BCUT2D eigenvalue weighted by Crippen LogP contribution is -2.04. The molecule has 0 spiro atoms. The van der Waals surface area contributed by atoms with Gasteiger partial charge in [0.15, 0.2) is 0 Å². The molecule has 6 rings (SSSR count). The molecule has 27 heavy (non-hydrogen) atoms. The van der Waals surface area contributed by atoms with E-state index in [-0.39, 0.29) is 0 Å². The van der Waals surface area contributed by atoms with Gasteiger partial charge in [-0.1, -0.05) is 66.7 Å². The Labute approximate surface area is 158 Å². The second-order valence-corrected chi connectivity index (χ2v) is 7.46. The smallest absolute Gasteiger partial charge is 0.0471 e. The first-order chi connectivity index (χ1) is 13.4. The monoisotopic (exact) mass is 345 g/mol. The van der Waals surface area contributed by atoms with Crippen LogP contribution in [0.25, 0.3) is 44.1 Å². The maximum absolute atomic E-state index is 3.60. The predicted octanol–water partition coefficient (Wildman–Crippen LogP) is 6.75. The van der Waals surface area contributed by atoms with Crippen LogP contribution in [0.1, 0.15) is 11.1 Å². The summed E-state index contributed by atoms with van der Waals surface area (Å²) in [4.78, 5) is 3.60. The Morgan fingerprint density at radius 1 is 0.519 bits per heavy atom. The van der Waals surface area contributed by atoms with Gasteiger partial charge in [-0.05, 0) is 64.4 Å². The Kier molecular flexibility index (Phi) is 3.06. The minimum atomic E-state index is 1.11. The number of aryl methyl sites for hydroxylation is 2. The zero-order valence-corrected chi connectivity index (χ0v) is 15.0. The highest BCUT2D eigenvalue weighted by atomic mass is 14.7. The summed E-state index contributed by atoms with van der Waals surface area (Å²) >= 11 is 0. The van der Waals surface area contributed by atoms with Crippen molar-refractivity contribution in [2.24, 2.45) is 0 Å². The van der Waals surface area contributed by atoms with Crippen LogP contribution in [0, 0.1) is 0 Å². The highest BCUT2D eigenvalue weighted by Crippen LogP contribution is 2.39. The Bertz CT molecular complexity index is 1310. The van der Waals surface area contributed by atoms with E-state index in [0.29, 0.717) is 0 Å². The second-order valence-electron chi connectivity index (χ2n) is 7.46. The number of aromatic nitrogens is 1. The molecule has 5 aromatic rings. The molecule has 4 aromatic carbocycles. The minimum absolute atomic E-state index is 1.11. The molecule has 1 aromatic heterocycles. The second kappa shape index (κ2) is 5.59. The zero-order valence-electron chi connectivity index (χ0n) is 15.0. The third-order valence-corrected chi connectivity index (χ3v) is 5.90. The molecule has 1 heterocycles. The van der Waals surface area contributed by atoms with Gasteiger partial charge in [0, 0.05) is 21.8 Å². The van der Waals surface area contributed by atoms with Crippen LogP contribution in [0.4, 0.5) is 0 Å². The minimum Gasteiger partial charge on any atom is -0.354 e. The van der Waals surface area contributed by atoms with E-state index in [1.165, 1.54) is 55.2 Å². The van der Waals surface area contributed by atoms with Crippen LogP contribution in [-0.2, 0) is 12.8 Å². The molecular formula is C26H19N. The number of hydrogen-bond donors (Lipinski definition) is 1. The van der Waals surface area contributed by atoms with E-state index < -0.39 is 0 Å². The van der Waals surface area contributed by atoms with Crippen molar-refractivity contribution in [1.82, 2.24) is 4.98 Å². The van der Waals surface area contributed by atoms with E-state index in [0.717, 1.165) is 12.8 Å². The van der Waals surface area contributed by atoms with Crippen LogP contribution in [0.2, 0.25) is 0 Å². The third-order valence-electron chi connectivity index (χ3n) is 5.90. The fraction of sp³-hybridized carbons (Fsp3) is 0.0769. The summed E-state index contributed by atoms with van der Waals surface area (Å²) in [5.41, 5.74) is 10.7. The molecule has 1 aliphatic rings. The van der Waals surface area contributed by atoms with Crippen LogP contribution < -0.4 is 0 Å². The summed E-state index contributed by atoms with van der Waals surface area (Å²) < 4.78 is 0. The van der Waals surface area contributed by atoms with Gasteiger partial charge in [-0.2, -0.15) is 0 Å². The van der Waals surface area contributed by atoms with E-state index in [1.54, 1.807) is 0 Å². The summed E-state index contributed by atoms with van der Waals surface area (Å²) in [7, 11) is 0. The van der Waals surface area contributed by atoms with Gasteiger partial charge in [-0.15, -0.1) is 0 Å². The number of H-pyrrole nitrogens is 1. The molecule has 0 atom stereocenters. The highest BCUT2D eigenvalue weighted by molar-refractivity contribution is 6.08. The molecule has 1 aliphatic carbocycles. The SMILES string of the molecule is c1ccc(-c2ccc3c(c2)CCc2cc4c(cc2-3)[nH]c2ccccc24)cc1. The third kappa shape index (κ3) is 2.25. The summed E-state index contributed by atoms with van der Waals surface area (Å²) in [6.07, 6.45) is 2.22. The lowest BCUT2D eigenvalue weighted by Gasteiger charge is -2.21. The number of nitrogens with one attached hydrogen (secondary N) is 1. The van der Waals surface area contributed by atoms with Crippen LogP contribution in [0.3, 0.4) is 0 Å². The normalized spacial score (nSPS) is 12.9. The number of para-hydroxylation sites is 1. The fourth-order valence-corrected chi connectivity index (χ4v) is 4.54. The Balaban J connectivity index is 1.54. The standard InChI is InChI=1S/C26H19N/c1-2-6-17(7-3-1)18-12-13-21-19(14-18)10-11-20-15-24-22-8-4-5-9-25(22)27-26(24)16-23(20)21/h1-9,12-16,27H,10-11H2. The number of fused-ring (bicyclic) bond motifs is 6. The first kappa shape index (κ1) is 14.8. The van der Waals surface area contributed by atoms with Crippen molar-refractivity contribution in [3.63, 3.8) is 0 Å². The van der Waals surface area contributed by atoms with Gasteiger partial charge in [0.2, 0.25) is 0 Å². The molecular weight excluding hydrogens is 326 g/mol. The molecule has 0 bridgehead atoms. The van der Waals surface area contributed by atoms with Gasteiger partial charge in [0.1, 0.15) is 0 Å². The van der Waals surface area contributed by atoms with E-state index in [9.17, 15) is 0 Å². The van der Waals surface area contributed by atoms with E-state index >= 15 is 0 Å². The quantitative estimate of drug-likeness (QED) is 0.346. The number of rotatable bonds is 1. The lowest BCUT2D eigenvalue weighted by molar-refractivity contribution is 0.945. The molecule has 0 saturated carbocycles. The maximum atomic E-state index is 3.60. The van der Waals surface area contributed by atoms with Crippen LogP contribution in [0.5, 0.6) is 0 Å². The molecule has 0 unspecified atom stereocenters. The summed E-state index contributed by atoms with van der Waals surface area (Å²) in [6.45, 7) is 0. The molecule has 0 fully saturated rings. The fourth-order valence-electron chi connectivity index (χ4n) is 4.54. The zero-order chi connectivity index (χ0) is 17.8. The van der Waals surface area contributed by atoms with E-state index in [1.807, 2.05) is 0 Å². The molecule has 0 saturated heterocycles. The van der Waals surface area contributed by atoms with Crippen molar-refractivity contribution in [3.05, 3.63) is 96.1 Å². The van der Waals surface area contributed by atoms with Crippen molar-refractivity contribution in [2.45, 2.75) is 12.8 Å². The molecule has 0 aliphatic heterocycles. The van der Waals surface area contributed by atoms with E-state index in [2.05, 4.69) is 89.9 Å². The van der Waals surface area contributed by atoms with Gasteiger partial charge in [-0.25, -0.2) is 0 Å². The number of hydrogen-bond acceptors (Lipinski definition) is 0.